The van der Waals surface area contributed by atoms with E-state index in [0.717, 1.165) is 11.0 Å². The second-order valence-electron chi connectivity index (χ2n) is 2.70. The van der Waals surface area contributed by atoms with Gasteiger partial charge in [0.1, 0.15) is 0 Å². The molecule has 0 spiro atoms. The van der Waals surface area contributed by atoms with Crippen molar-refractivity contribution in [2.45, 2.75) is 6.42 Å². The molecule has 0 unspecified atom stereocenters. The molecule has 3 nitrogen and oxygen atoms in total. The summed E-state index contributed by atoms with van der Waals surface area (Å²) in [6.45, 7) is 0. The molecule has 0 saturated heterocycles. The molecule has 0 amide bonds. The molecule has 2 aromatic rings. The molecule has 4 heteroatoms. The molecular formula is C9H9N3Se. The van der Waals surface area contributed by atoms with Crippen molar-refractivity contribution in [3.8, 4) is 0 Å². The number of anilines is 1. The second-order valence-corrected chi connectivity index (χ2v) is 4.99. The molecule has 66 valence electrons. The molecule has 0 atom stereocenters. The first-order valence-electron chi connectivity index (χ1n) is 3.96. The SMILES string of the molecule is Nc1nnc(Cc2ccccc2)[se]1. The Kier molecular flexibility index (Phi) is 2.43. The van der Waals surface area contributed by atoms with E-state index in [9.17, 15) is 0 Å². The van der Waals surface area contributed by atoms with E-state index in [0.29, 0.717) is 4.69 Å². The van der Waals surface area contributed by atoms with Crippen molar-refractivity contribution < 1.29 is 0 Å². The van der Waals surface area contributed by atoms with Gasteiger partial charge in [-0.1, -0.05) is 0 Å². The van der Waals surface area contributed by atoms with Crippen molar-refractivity contribution >= 4 is 19.2 Å². The molecule has 0 aliphatic carbocycles. The first-order valence-corrected chi connectivity index (χ1v) is 5.67. The third kappa shape index (κ3) is 2.17. The monoisotopic (exact) mass is 239 g/mol. The van der Waals surface area contributed by atoms with Crippen LogP contribution in [0.2, 0.25) is 0 Å². The van der Waals surface area contributed by atoms with Crippen molar-refractivity contribution in [3.63, 3.8) is 0 Å². The second kappa shape index (κ2) is 3.73. The molecule has 1 aromatic heterocycles. The third-order valence-corrected chi connectivity index (χ3v) is 3.26. The summed E-state index contributed by atoms with van der Waals surface area (Å²) in [5.74, 6) is 0. The molecule has 0 aliphatic rings. The average molecular weight is 238 g/mol. The fourth-order valence-electron chi connectivity index (χ4n) is 1.11. The van der Waals surface area contributed by atoms with E-state index in [1.807, 2.05) is 18.2 Å². The van der Waals surface area contributed by atoms with Gasteiger partial charge in [0, 0.05) is 0 Å². The molecule has 13 heavy (non-hydrogen) atoms. The Hall–Kier alpha value is -1.12. The van der Waals surface area contributed by atoms with E-state index >= 15 is 0 Å². The molecule has 0 bridgehead atoms. The van der Waals surface area contributed by atoms with E-state index in [1.165, 1.54) is 5.56 Å². The van der Waals surface area contributed by atoms with Gasteiger partial charge in [-0.05, 0) is 0 Å². The number of hydrogen-bond donors (Lipinski definition) is 1. The molecule has 1 heterocycles. The number of benzene rings is 1. The van der Waals surface area contributed by atoms with Crippen molar-refractivity contribution in [2.24, 2.45) is 0 Å². The number of nitrogen functional groups attached to an aromatic ring is 1. The van der Waals surface area contributed by atoms with E-state index in [1.54, 1.807) is 0 Å². The third-order valence-electron chi connectivity index (χ3n) is 1.68. The van der Waals surface area contributed by atoms with E-state index < -0.39 is 0 Å². The van der Waals surface area contributed by atoms with E-state index in [-0.39, 0.29) is 14.5 Å². The summed E-state index contributed by atoms with van der Waals surface area (Å²) in [6, 6.07) is 10.3. The topological polar surface area (TPSA) is 51.8 Å². The maximum atomic E-state index is 5.54. The zero-order chi connectivity index (χ0) is 9.10. The Balaban J connectivity index is 2.15. The summed E-state index contributed by atoms with van der Waals surface area (Å²) in [4.78, 5) is 0. The predicted molar refractivity (Wildman–Crippen MR) is 52.6 cm³/mol. The van der Waals surface area contributed by atoms with Crippen LogP contribution in [0, 0.1) is 0 Å². The molecule has 0 fully saturated rings. The van der Waals surface area contributed by atoms with Gasteiger partial charge in [-0.2, -0.15) is 0 Å². The van der Waals surface area contributed by atoms with Gasteiger partial charge in [-0.25, -0.2) is 0 Å². The summed E-state index contributed by atoms with van der Waals surface area (Å²) in [5.41, 5.74) is 6.81. The number of nitrogens with zero attached hydrogens (tertiary/aromatic N) is 2. The van der Waals surface area contributed by atoms with Crippen LogP contribution in [0.5, 0.6) is 0 Å². The van der Waals surface area contributed by atoms with Crippen molar-refractivity contribution in [3.05, 3.63) is 40.5 Å². The van der Waals surface area contributed by atoms with Crippen LogP contribution >= 0.6 is 0 Å². The maximum absolute atomic E-state index is 5.54. The summed E-state index contributed by atoms with van der Waals surface area (Å²) in [6.07, 6.45) is 0.880. The van der Waals surface area contributed by atoms with Gasteiger partial charge in [0.15, 0.2) is 0 Å². The van der Waals surface area contributed by atoms with Gasteiger partial charge in [0.25, 0.3) is 0 Å². The van der Waals surface area contributed by atoms with Gasteiger partial charge >= 0.3 is 82.0 Å². The first-order chi connectivity index (χ1) is 6.34. The van der Waals surface area contributed by atoms with Crippen LogP contribution in [0.3, 0.4) is 0 Å². The fraction of sp³-hybridized carbons (Fsp3) is 0.111. The van der Waals surface area contributed by atoms with Crippen LogP contribution in [-0.2, 0) is 6.42 Å². The molecule has 0 aliphatic heterocycles. The number of rotatable bonds is 2. The number of nitrogens with two attached hydrogens (primary N) is 1. The predicted octanol–water partition coefficient (Wildman–Crippen LogP) is 0.707. The summed E-state index contributed by atoms with van der Waals surface area (Å²) < 4.78 is 1.79. The van der Waals surface area contributed by atoms with Gasteiger partial charge in [0.2, 0.25) is 0 Å². The van der Waals surface area contributed by atoms with Crippen molar-refractivity contribution in [1.29, 1.82) is 0 Å². The molecular weight excluding hydrogens is 229 g/mol. The summed E-state index contributed by atoms with van der Waals surface area (Å²) >= 11 is 0.176. The van der Waals surface area contributed by atoms with E-state index in [4.69, 9.17) is 5.73 Å². The van der Waals surface area contributed by atoms with Crippen LogP contribution in [-0.4, -0.2) is 24.7 Å². The van der Waals surface area contributed by atoms with Gasteiger partial charge in [-0.15, -0.1) is 0 Å². The minimum atomic E-state index is 0.176. The zero-order valence-corrected chi connectivity index (χ0v) is 8.69. The quantitative estimate of drug-likeness (QED) is 0.784. The molecule has 2 N–H and O–H groups in total. The van der Waals surface area contributed by atoms with Gasteiger partial charge in [-0.3, -0.25) is 0 Å². The average Bonchev–Trinajstić information content (AvgIpc) is 2.53. The van der Waals surface area contributed by atoms with Crippen LogP contribution in [0.25, 0.3) is 0 Å². The minimum absolute atomic E-state index is 0.176. The number of aromatic nitrogens is 2. The normalized spacial score (nSPS) is 10.2. The Morgan fingerprint density at radius 2 is 1.92 bits per heavy atom. The molecule has 1 aromatic carbocycles. The van der Waals surface area contributed by atoms with E-state index in [2.05, 4.69) is 22.3 Å². The zero-order valence-electron chi connectivity index (χ0n) is 6.97. The molecule has 2 rings (SSSR count). The molecule has 0 saturated carbocycles. The standard InChI is InChI=1S/C9H9N3Se/c10-9-12-11-8(13-9)6-7-4-2-1-3-5-7/h1-5H,6H2,(H2,10,12). The Bertz CT molecular complexity index is 383. The van der Waals surface area contributed by atoms with Crippen LogP contribution in [0.1, 0.15) is 10.1 Å². The van der Waals surface area contributed by atoms with Crippen LogP contribution < -0.4 is 5.73 Å². The van der Waals surface area contributed by atoms with Crippen molar-refractivity contribution in [2.75, 3.05) is 5.73 Å². The fourth-order valence-corrected chi connectivity index (χ4v) is 2.46. The Morgan fingerprint density at radius 1 is 1.15 bits per heavy atom. The van der Waals surface area contributed by atoms with Crippen LogP contribution in [0.15, 0.2) is 30.3 Å². The van der Waals surface area contributed by atoms with Crippen molar-refractivity contribution in [1.82, 2.24) is 10.2 Å². The number of hydrogen-bond acceptors (Lipinski definition) is 3. The van der Waals surface area contributed by atoms with Crippen LogP contribution in [0.4, 0.5) is 4.69 Å². The summed E-state index contributed by atoms with van der Waals surface area (Å²) in [5, 5.41) is 7.84. The van der Waals surface area contributed by atoms with Gasteiger partial charge in [0.05, 0.1) is 0 Å². The molecule has 0 radical (unpaired) electrons. The Labute approximate surface area is 82.4 Å². The first kappa shape index (κ1) is 8.48. The van der Waals surface area contributed by atoms with Gasteiger partial charge < -0.3 is 0 Å². The summed E-state index contributed by atoms with van der Waals surface area (Å²) in [7, 11) is 0. The Morgan fingerprint density at radius 3 is 2.54 bits per heavy atom.